The third-order valence-corrected chi connectivity index (χ3v) is 8.46. The van der Waals surface area contributed by atoms with Crippen LogP contribution in [0.3, 0.4) is 0 Å². The lowest BCUT2D eigenvalue weighted by atomic mass is 9.96. The van der Waals surface area contributed by atoms with E-state index in [0.717, 1.165) is 38.1 Å². The summed E-state index contributed by atoms with van der Waals surface area (Å²) < 4.78 is 0.218. The maximum absolute atomic E-state index is 4.84. The molecule has 1 N–H and O–H groups in total. The Morgan fingerprint density at radius 1 is 1.04 bits per heavy atom. The number of halogens is 1. The van der Waals surface area contributed by atoms with Crippen molar-refractivity contribution >= 4 is 32.9 Å². The van der Waals surface area contributed by atoms with Gasteiger partial charge in [-0.3, -0.25) is 4.99 Å². The van der Waals surface area contributed by atoms with Crippen LogP contribution in [0.25, 0.3) is 0 Å². The molecule has 0 spiro atoms. The van der Waals surface area contributed by atoms with Gasteiger partial charge in [0, 0.05) is 16.5 Å². The van der Waals surface area contributed by atoms with Gasteiger partial charge in [0.2, 0.25) is 0 Å². The van der Waals surface area contributed by atoms with Crippen molar-refractivity contribution in [3.63, 3.8) is 0 Å². The number of nitrogens with one attached hydrogen (secondary N) is 1. The highest BCUT2D eigenvalue weighted by molar-refractivity contribution is 9.09. The zero-order valence-corrected chi connectivity index (χ0v) is 18.2. The molecule has 1 atom stereocenters. The topological polar surface area (TPSA) is 20.0 Å². The first-order valence-electron chi connectivity index (χ1n) is 9.67. The predicted molar refractivity (Wildman–Crippen MR) is 119 cm³/mol. The lowest BCUT2D eigenvalue weighted by molar-refractivity contribution is -0.929. The monoisotopic (exact) mass is 444 g/mol. The molecule has 2 aromatic rings. The standard InChI is InChI=1S/C22H26BrN3S/c1-22(16-23)17-24-21(27-22)26-14-12-25(13-15-26)20(18-8-4-2-5-9-18)19-10-6-3-7-11-19/h2-11,20H,12-17H2,1H3/p+1/t22-/m1/s1. The first-order valence-corrected chi connectivity index (χ1v) is 11.6. The van der Waals surface area contributed by atoms with Crippen LogP contribution in [0.4, 0.5) is 0 Å². The van der Waals surface area contributed by atoms with Gasteiger partial charge in [0.05, 0.1) is 37.5 Å². The highest BCUT2D eigenvalue weighted by Gasteiger charge is 2.36. The Kier molecular flexibility index (Phi) is 5.90. The molecular formula is C22H27BrN3S+. The number of alkyl halides is 1. The average molecular weight is 445 g/mol. The van der Waals surface area contributed by atoms with Gasteiger partial charge in [0.15, 0.2) is 5.17 Å². The molecule has 2 aliphatic heterocycles. The Labute approximate surface area is 175 Å². The van der Waals surface area contributed by atoms with Crippen molar-refractivity contribution in [2.24, 2.45) is 4.99 Å². The number of amidine groups is 1. The van der Waals surface area contributed by atoms with E-state index in [1.165, 1.54) is 16.3 Å². The number of thioether (sulfide) groups is 1. The number of quaternary nitrogens is 1. The van der Waals surface area contributed by atoms with Crippen LogP contribution in [0.2, 0.25) is 0 Å². The third-order valence-electron chi connectivity index (χ3n) is 5.52. The number of hydrogen-bond acceptors (Lipinski definition) is 3. The Balaban J connectivity index is 1.48. The molecule has 1 saturated heterocycles. The average Bonchev–Trinajstić information content (AvgIpc) is 3.13. The zero-order valence-electron chi connectivity index (χ0n) is 15.8. The number of hydrogen-bond donors (Lipinski definition) is 1. The summed E-state index contributed by atoms with van der Waals surface area (Å²) in [6, 6.07) is 22.3. The second-order valence-electron chi connectivity index (χ2n) is 7.68. The lowest BCUT2D eigenvalue weighted by Gasteiger charge is -2.38. The molecule has 0 unspecified atom stereocenters. The van der Waals surface area contributed by atoms with Gasteiger partial charge in [0.1, 0.15) is 6.04 Å². The molecule has 0 radical (unpaired) electrons. The molecule has 3 nitrogen and oxygen atoms in total. The van der Waals surface area contributed by atoms with Crippen LogP contribution in [-0.2, 0) is 0 Å². The Morgan fingerprint density at radius 2 is 1.59 bits per heavy atom. The molecule has 0 bridgehead atoms. The van der Waals surface area contributed by atoms with Crippen molar-refractivity contribution in [3.05, 3.63) is 71.8 Å². The van der Waals surface area contributed by atoms with Crippen molar-refractivity contribution in [3.8, 4) is 0 Å². The number of aliphatic imine (C=N–C) groups is 1. The Bertz CT molecular complexity index is 735. The molecular weight excluding hydrogens is 418 g/mol. The largest absolute Gasteiger partial charge is 0.340 e. The normalized spacial score (nSPS) is 23.7. The van der Waals surface area contributed by atoms with Crippen LogP contribution in [0.5, 0.6) is 0 Å². The number of benzene rings is 2. The highest BCUT2D eigenvalue weighted by Crippen LogP contribution is 2.35. The first kappa shape index (κ1) is 19.0. The van der Waals surface area contributed by atoms with Crippen LogP contribution < -0.4 is 4.90 Å². The third kappa shape index (κ3) is 4.25. The molecule has 0 aliphatic carbocycles. The van der Waals surface area contributed by atoms with Gasteiger partial charge in [-0.15, -0.1) is 0 Å². The fourth-order valence-corrected chi connectivity index (χ4v) is 5.57. The summed E-state index contributed by atoms with van der Waals surface area (Å²) in [6.45, 7) is 7.65. The van der Waals surface area contributed by atoms with Crippen LogP contribution in [0, 0.1) is 0 Å². The second kappa shape index (κ2) is 8.38. The van der Waals surface area contributed by atoms with Crippen LogP contribution in [0.15, 0.2) is 65.7 Å². The van der Waals surface area contributed by atoms with E-state index in [0.29, 0.717) is 6.04 Å². The maximum Gasteiger partial charge on any atom is 0.160 e. The summed E-state index contributed by atoms with van der Waals surface area (Å²) in [7, 11) is 0. The molecule has 4 rings (SSSR count). The van der Waals surface area contributed by atoms with E-state index >= 15 is 0 Å². The van der Waals surface area contributed by atoms with Gasteiger partial charge in [-0.1, -0.05) is 88.4 Å². The van der Waals surface area contributed by atoms with Gasteiger partial charge < -0.3 is 9.80 Å². The van der Waals surface area contributed by atoms with Crippen molar-refractivity contribution in [2.45, 2.75) is 17.7 Å². The summed E-state index contributed by atoms with van der Waals surface area (Å²) in [6.07, 6.45) is 0. The molecule has 2 heterocycles. The summed E-state index contributed by atoms with van der Waals surface area (Å²) in [5.74, 6) is 0. The lowest BCUT2D eigenvalue weighted by Crippen LogP contribution is -3.15. The second-order valence-corrected chi connectivity index (χ2v) is 9.80. The van der Waals surface area contributed by atoms with E-state index in [9.17, 15) is 0 Å². The summed E-state index contributed by atoms with van der Waals surface area (Å²) in [5.41, 5.74) is 2.82. The summed E-state index contributed by atoms with van der Waals surface area (Å²) in [4.78, 5) is 8.98. The molecule has 0 aromatic heterocycles. The van der Waals surface area contributed by atoms with Crippen molar-refractivity contribution in [1.29, 1.82) is 0 Å². The van der Waals surface area contributed by atoms with Crippen LogP contribution >= 0.6 is 27.7 Å². The maximum atomic E-state index is 4.84. The Hall–Kier alpha value is -1.30. The molecule has 142 valence electrons. The molecule has 0 saturated carbocycles. The fraction of sp³-hybridized carbons (Fsp3) is 0.409. The molecule has 2 aliphatic rings. The first-order chi connectivity index (χ1) is 13.2. The summed E-state index contributed by atoms with van der Waals surface area (Å²) in [5, 5.41) is 2.24. The molecule has 5 heteroatoms. The smallest absolute Gasteiger partial charge is 0.160 e. The molecule has 2 aromatic carbocycles. The van der Waals surface area contributed by atoms with Gasteiger partial charge in [-0.05, 0) is 6.92 Å². The van der Waals surface area contributed by atoms with Crippen molar-refractivity contribution in [1.82, 2.24) is 4.90 Å². The molecule has 1 fully saturated rings. The molecule has 0 amide bonds. The van der Waals surface area contributed by atoms with Gasteiger partial charge in [-0.25, -0.2) is 0 Å². The number of nitrogens with zero attached hydrogens (tertiary/aromatic N) is 2. The Morgan fingerprint density at radius 3 is 2.07 bits per heavy atom. The van der Waals surface area contributed by atoms with Gasteiger partial charge >= 0.3 is 0 Å². The van der Waals surface area contributed by atoms with E-state index in [1.807, 2.05) is 11.8 Å². The number of rotatable bonds is 4. The zero-order chi connectivity index (χ0) is 18.7. The van der Waals surface area contributed by atoms with Gasteiger partial charge in [0.25, 0.3) is 0 Å². The minimum atomic E-state index is 0.218. The molecule has 27 heavy (non-hydrogen) atoms. The predicted octanol–water partition coefficient (Wildman–Crippen LogP) is 3.23. The van der Waals surface area contributed by atoms with Crippen LogP contribution in [-0.4, -0.2) is 52.9 Å². The minimum Gasteiger partial charge on any atom is -0.340 e. The van der Waals surface area contributed by atoms with E-state index in [1.54, 1.807) is 4.90 Å². The van der Waals surface area contributed by atoms with Crippen LogP contribution in [0.1, 0.15) is 24.1 Å². The fourth-order valence-electron chi connectivity index (χ4n) is 3.98. The SMILES string of the molecule is C[C@@]1(CBr)CN=C(N2CC[NH+](C(c3ccccc3)c3ccccc3)CC2)S1. The van der Waals surface area contributed by atoms with E-state index in [-0.39, 0.29) is 4.75 Å². The minimum absolute atomic E-state index is 0.218. The number of piperazine rings is 1. The van der Waals surface area contributed by atoms with Crippen molar-refractivity contribution in [2.75, 3.05) is 38.1 Å². The van der Waals surface area contributed by atoms with E-state index < -0.39 is 0 Å². The highest BCUT2D eigenvalue weighted by atomic mass is 79.9. The van der Waals surface area contributed by atoms with E-state index in [2.05, 4.69) is 88.4 Å². The van der Waals surface area contributed by atoms with E-state index in [4.69, 9.17) is 4.99 Å². The summed E-state index contributed by atoms with van der Waals surface area (Å²) >= 11 is 5.59. The quantitative estimate of drug-likeness (QED) is 0.730. The van der Waals surface area contributed by atoms with Gasteiger partial charge in [-0.2, -0.15) is 0 Å². The van der Waals surface area contributed by atoms with Crippen molar-refractivity contribution < 1.29 is 4.90 Å².